The Morgan fingerprint density at radius 1 is 0.482 bits per heavy atom. The SMILES string of the molecule is CCCCC/C=C\C/C=C\CCCCCCCCCCCC(=O)OC(COC(=O)CCCCCCCCCCCCCCCCCCC)COP(=O)(O)OCC. The lowest BCUT2D eigenvalue weighted by atomic mass is 10.0. The average Bonchev–Trinajstić information content (AvgIpc) is 3.18. The molecule has 0 fully saturated rings. The molecule has 0 aliphatic heterocycles. The number of carbonyl (C=O) groups is 2. The van der Waals surface area contributed by atoms with Gasteiger partial charge in [0.25, 0.3) is 0 Å². The lowest BCUT2D eigenvalue weighted by molar-refractivity contribution is -0.161. The van der Waals surface area contributed by atoms with Crippen LogP contribution < -0.4 is 0 Å². The molecule has 0 aromatic carbocycles. The number of esters is 2. The fraction of sp³-hybridized carbons (Fsp3) is 0.872. The van der Waals surface area contributed by atoms with Gasteiger partial charge in [-0.1, -0.05) is 199 Å². The number of allylic oxidation sites excluding steroid dienone is 4. The first-order valence-electron chi connectivity index (χ1n) is 23.6. The van der Waals surface area contributed by atoms with Gasteiger partial charge < -0.3 is 14.4 Å². The van der Waals surface area contributed by atoms with Crippen molar-refractivity contribution in [1.82, 2.24) is 0 Å². The Morgan fingerprint density at radius 2 is 0.857 bits per heavy atom. The number of unbranched alkanes of at least 4 members (excludes halogenated alkanes) is 28. The van der Waals surface area contributed by atoms with E-state index in [1.54, 1.807) is 6.92 Å². The standard InChI is InChI=1S/C47H89O8P/c1-4-7-9-11-13-15-17-19-21-23-24-26-28-30-32-34-36-38-40-42-47(49)55-45(44-54-56(50,51)53-6-3)43-52-46(48)41-39-37-35-33-31-29-27-25-22-20-18-16-14-12-10-8-5-2/h13,15,19,21,45H,4-12,14,16-18,20,22-44H2,1-3H3,(H,50,51)/b15-13-,21-19-. The van der Waals surface area contributed by atoms with Gasteiger partial charge in [-0.3, -0.25) is 18.6 Å². The van der Waals surface area contributed by atoms with Gasteiger partial charge in [-0.05, 0) is 51.9 Å². The maximum atomic E-state index is 12.6. The number of rotatable bonds is 44. The first-order chi connectivity index (χ1) is 27.3. The van der Waals surface area contributed by atoms with E-state index in [1.165, 1.54) is 154 Å². The van der Waals surface area contributed by atoms with E-state index in [0.29, 0.717) is 12.8 Å². The van der Waals surface area contributed by atoms with Crippen LogP contribution in [0.1, 0.15) is 239 Å². The van der Waals surface area contributed by atoms with Crippen molar-refractivity contribution in [3.63, 3.8) is 0 Å². The maximum absolute atomic E-state index is 12.6. The summed E-state index contributed by atoms with van der Waals surface area (Å²) < 4.78 is 32.7. The second kappa shape index (κ2) is 43.1. The third-order valence-electron chi connectivity index (χ3n) is 10.3. The minimum Gasteiger partial charge on any atom is -0.462 e. The van der Waals surface area contributed by atoms with Crippen molar-refractivity contribution in [1.29, 1.82) is 0 Å². The normalized spacial score (nSPS) is 13.4. The molecule has 0 amide bonds. The molecule has 0 aliphatic carbocycles. The quantitative estimate of drug-likeness (QED) is 0.0280. The fourth-order valence-corrected chi connectivity index (χ4v) is 7.53. The molecule has 0 aromatic heterocycles. The summed E-state index contributed by atoms with van der Waals surface area (Å²) in [6.45, 7) is 5.49. The van der Waals surface area contributed by atoms with Crippen LogP contribution in [0.25, 0.3) is 0 Å². The zero-order valence-corrected chi connectivity index (χ0v) is 37.7. The van der Waals surface area contributed by atoms with Crippen LogP contribution in [0.5, 0.6) is 0 Å². The van der Waals surface area contributed by atoms with Crippen molar-refractivity contribution in [2.24, 2.45) is 0 Å². The molecule has 0 saturated carbocycles. The zero-order valence-electron chi connectivity index (χ0n) is 36.8. The van der Waals surface area contributed by atoms with Gasteiger partial charge in [0.05, 0.1) is 13.2 Å². The van der Waals surface area contributed by atoms with E-state index >= 15 is 0 Å². The summed E-state index contributed by atoms with van der Waals surface area (Å²) in [5, 5.41) is 0. The molecule has 56 heavy (non-hydrogen) atoms. The minimum atomic E-state index is -4.28. The Morgan fingerprint density at radius 3 is 1.30 bits per heavy atom. The molecule has 9 heteroatoms. The number of phosphoric ester groups is 1. The molecule has 0 radical (unpaired) electrons. The smallest absolute Gasteiger partial charge is 0.462 e. The summed E-state index contributed by atoms with van der Waals surface area (Å²) >= 11 is 0. The Kier molecular flexibility index (Phi) is 42.0. The molecule has 0 bridgehead atoms. The predicted octanol–water partition coefficient (Wildman–Crippen LogP) is 15.0. The topological polar surface area (TPSA) is 108 Å². The van der Waals surface area contributed by atoms with Crippen molar-refractivity contribution in [3.05, 3.63) is 24.3 Å². The van der Waals surface area contributed by atoms with Gasteiger partial charge in [0, 0.05) is 12.8 Å². The van der Waals surface area contributed by atoms with Crippen molar-refractivity contribution < 1.29 is 37.6 Å². The van der Waals surface area contributed by atoms with Crippen LogP contribution in [-0.2, 0) is 32.7 Å². The first kappa shape index (κ1) is 54.5. The molecule has 1 N–H and O–H groups in total. The third-order valence-corrected chi connectivity index (χ3v) is 11.3. The Bertz CT molecular complexity index is 968. The van der Waals surface area contributed by atoms with Crippen LogP contribution in [-0.4, -0.2) is 42.8 Å². The van der Waals surface area contributed by atoms with Crippen LogP contribution in [0.15, 0.2) is 24.3 Å². The summed E-state index contributed by atoms with van der Waals surface area (Å²) in [7, 11) is -4.28. The van der Waals surface area contributed by atoms with E-state index < -0.39 is 26.5 Å². The number of phosphoric acid groups is 1. The van der Waals surface area contributed by atoms with E-state index in [0.717, 1.165) is 44.9 Å². The molecule has 2 unspecified atom stereocenters. The second-order valence-corrected chi connectivity index (χ2v) is 17.2. The average molecular weight is 813 g/mol. The summed E-state index contributed by atoms with van der Waals surface area (Å²) in [6.07, 6.45) is 48.0. The van der Waals surface area contributed by atoms with E-state index in [9.17, 15) is 19.0 Å². The summed E-state index contributed by atoms with van der Waals surface area (Å²) in [4.78, 5) is 34.8. The molecular formula is C47H89O8P. The Balaban J connectivity index is 4.01. The number of hydrogen-bond acceptors (Lipinski definition) is 7. The molecule has 0 rings (SSSR count). The van der Waals surface area contributed by atoms with Crippen LogP contribution in [0.3, 0.4) is 0 Å². The van der Waals surface area contributed by atoms with Crippen LogP contribution >= 0.6 is 7.82 Å². The summed E-state index contributed by atoms with van der Waals surface area (Å²) in [5.74, 6) is -0.790. The molecule has 2 atom stereocenters. The largest absolute Gasteiger partial charge is 0.472 e. The highest BCUT2D eigenvalue weighted by Crippen LogP contribution is 2.43. The zero-order chi connectivity index (χ0) is 41.1. The summed E-state index contributed by atoms with van der Waals surface area (Å²) in [5.41, 5.74) is 0. The molecule has 0 heterocycles. The highest BCUT2D eigenvalue weighted by molar-refractivity contribution is 7.47. The summed E-state index contributed by atoms with van der Waals surface area (Å²) in [6, 6.07) is 0. The molecular weight excluding hydrogens is 723 g/mol. The van der Waals surface area contributed by atoms with Gasteiger partial charge >= 0.3 is 19.8 Å². The van der Waals surface area contributed by atoms with Crippen molar-refractivity contribution >= 4 is 19.8 Å². The van der Waals surface area contributed by atoms with Gasteiger partial charge in [0.2, 0.25) is 0 Å². The van der Waals surface area contributed by atoms with Gasteiger partial charge in [-0.15, -0.1) is 0 Å². The monoisotopic (exact) mass is 813 g/mol. The third kappa shape index (κ3) is 42.1. The van der Waals surface area contributed by atoms with Crippen molar-refractivity contribution in [2.75, 3.05) is 19.8 Å². The molecule has 330 valence electrons. The fourth-order valence-electron chi connectivity index (χ4n) is 6.78. The highest BCUT2D eigenvalue weighted by atomic mass is 31.2. The maximum Gasteiger partial charge on any atom is 0.472 e. The molecule has 0 aliphatic rings. The Labute approximate surface area is 345 Å². The van der Waals surface area contributed by atoms with Crippen LogP contribution in [0.2, 0.25) is 0 Å². The minimum absolute atomic E-state index is 0.00173. The molecule has 8 nitrogen and oxygen atoms in total. The number of carbonyl (C=O) groups excluding carboxylic acids is 2. The van der Waals surface area contributed by atoms with Crippen LogP contribution in [0, 0.1) is 0 Å². The van der Waals surface area contributed by atoms with Gasteiger partial charge in [0.1, 0.15) is 6.61 Å². The first-order valence-corrected chi connectivity index (χ1v) is 25.1. The molecule has 0 saturated heterocycles. The van der Waals surface area contributed by atoms with E-state index in [-0.39, 0.29) is 25.6 Å². The van der Waals surface area contributed by atoms with E-state index in [2.05, 4.69) is 38.2 Å². The number of ether oxygens (including phenoxy) is 2. The van der Waals surface area contributed by atoms with E-state index in [4.69, 9.17) is 18.5 Å². The molecule has 0 aromatic rings. The highest BCUT2D eigenvalue weighted by Gasteiger charge is 2.25. The van der Waals surface area contributed by atoms with Gasteiger partial charge in [-0.2, -0.15) is 0 Å². The lowest BCUT2D eigenvalue weighted by Gasteiger charge is -2.19. The van der Waals surface area contributed by atoms with Gasteiger partial charge in [0.15, 0.2) is 6.10 Å². The number of hydrogen-bond donors (Lipinski definition) is 1. The van der Waals surface area contributed by atoms with E-state index in [1.807, 2.05) is 0 Å². The second-order valence-electron chi connectivity index (χ2n) is 15.8. The van der Waals surface area contributed by atoms with Crippen LogP contribution in [0.4, 0.5) is 0 Å². The Hall–Kier alpha value is -1.47. The van der Waals surface area contributed by atoms with Crippen molar-refractivity contribution in [2.45, 2.75) is 245 Å². The predicted molar refractivity (Wildman–Crippen MR) is 235 cm³/mol. The van der Waals surface area contributed by atoms with Gasteiger partial charge in [-0.25, -0.2) is 4.57 Å². The van der Waals surface area contributed by atoms with Crippen molar-refractivity contribution in [3.8, 4) is 0 Å². The lowest BCUT2D eigenvalue weighted by Crippen LogP contribution is -2.29. The molecule has 0 spiro atoms.